The molecule has 2 rings (SSSR count). The zero-order chi connectivity index (χ0) is 13.7. The lowest BCUT2D eigenvalue weighted by molar-refractivity contribution is 0.584. The molecule has 0 radical (unpaired) electrons. The number of para-hydroxylation sites is 1. The number of rotatable bonds is 8. The lowest BCUT2D eigenvalue weighted by Gasteiger charge is -2.12. The van der Waals surface area contributed by atoms with Crippen LogP contribution in [0.15, 0.2) is 29.2 Å². The quantitative estimate of drug-likeness (QED) is 0.626. The Hall–Kier alpha value is -1.11. The monoisotopic (exact) mass is 283 g/mol. The highest BCUT2D eigenvalue weighted by Crippen LogP contribution is 2.20. The Kier molecular flexibility index (Phi) is 4.79. The zero-order valence-corrected chi connectivity index (χ0v) is 12.0. The summed E-state index contributed by atoms with van der Waals surface area (Å²) in [4.78, 5) is 0.309. The van der Waals surface area contributed by atoms with Gasteiger partial charge in [0.2, 0.25) is 10.0 Å². The van der Waals surface area contributed by atoms with Crippen molar-refractivity contribution < 1.29 is 8.42 Å². The zero-order valence-electron chi connectivity index (χ0n) is 11.1. The van der Waals surface area contributed by atoms with Crippen LogP contribution in [0.5, 0.6) is 0 Å². The highest BCUT2D eigenvalue weighted by atomic mass is 32.2. The molecule has 1 aliphatic carbocycles. The topological polar surface area (TPSA) is 70.2 Å². The molecular formula is C13H21N3O2S. The average molecular weight is 283 g/mol. The molecule has 0 amide bonds. The molecule has 1 saturated carbocycles. The summed E-state index contributed by atoms with van der Waals surface area (Å²) in [5.41, 5.74) is 0.654. The van der Waals surface area contributed by atoms with E-state index in [9.17, 15) is 8.42 Å². The lowest BCUT2D eigenvalue weighted by Crippen LogP contribution is -2.26. The molecule has 0 heterocycles. The first-order valence-corrected chi connectivity index (χ1v) is 8.18. The van der Waals surface area contributed by atoms with Crippen LogP contribution in [0.4, 0.5) is 5.69 Å². The molecule has 6 heteroatoms. The van der Waals surface area contributed by atoms with E-state index >= 15 is 0 Å². The molecule has 1 fully saturated rings. The smallest absolute Gasteiger partial charge is 0.242 e. The predicted octanol–water partition coefficient (Wildman–Crippen LogP) is 1.15. The Morgan fingerprint density at radius 2 is 1.95 bits per heavy atom. The van der Waals surface area contributed by atoms with Gasteiger partial charge in [0.05, 0.1) is 5.69 Å². The van der Waals surface area contributed by atoms with Gasteiger partial charge in [-0.25, -0.2) is 13.1 Å². The van der Waals surface area contributed by atoms with E-state index in [0.29, 0.717) is 23.2 Å². The standard InChI is InChI=1S/C13H21N3O2S/c1-2-16-19(17,18)13-6-4-3-5-12(13)15-10-9-14-11-7-8-11/h3-6,11,14-16H,2,7-10H2,1H3. The Labute approximate surface area is 114 Å². The van der Waals surface area contributed by atoms with Crippen molar-refractivity contribution in [2.75, 3.05) is 25.0 Å². The first kappa shape index (κ1) is 14.3. The van der Waals surface area contributed by atoms with Crippen molar-refractivity contribution in [3.8, 4) is 0 Å². The lowest BCUT2D eigenvalue weighted by atomic mass is 10.3. The first-order chi connectivity index (χ1) is 9.13. The summed E-state index contributed by atoms with van der Waals surface area (Å²) in [6.45, 7) is 3.72. The summed E-state index contributed by atoms with van der Waals surface area (Å²) in [5, 5.41) is 6.56. The predicted molar refractivity (Wildman–Crippen MR) is 76.8 cm³/mol. The number of hydrogen-bond acceptors (Lipinski definition) is 4. The number of benzene rings is 1. The maximum absolute atomic E-state index is 12.0. The van der Waals surface area contributed by atoms with Crippen LogP contribution in [0.25, 0.3) is 0 Å². The first-order valence-electron chi connectivity index (χ1n) is 6.69. The minimum absolute atomic E-state index is 0.309. The van der Waals surface area contributed by atoms with Gasteiger partial charge in [-0.15, -0.1) is 0 Å². The van der Waals surface area contributed by atoms with Crippen LogP contribution in [0.1, 0.15) is 19.8 Å². The fourth-order valence-electron chi connectivity index (χ4n) is 1.88. The van der Waals surface area contributed by atoms with Crippen molar-refractivity contribution in [3.05, 3.63) is 24.3 Å². The second-order valence-corrected chi connectivity index (χ2v) is 6.39. The fraction of sp³-hybridized carbons (Fsp3) is 0.538. The van der Waals surface area contributed by atoms with Gasteiger partial charge >= 0.3 is 0 Å². The summed E-state index contributed by atoms with van der Waals surface area (Å²) in [6.07, 6.45) is 2.51. The van der Waals surface area contributed by atoms with Crippen LogP contribution in [0, 0.1) is 0 Å². The van der Waals surface area contributed by atoms with E-state index < -0.39 is 10.0 Å². The molecule has 3 N–H and O–H groups in total. The van der Waals surface area contributed by atoms with Gasteiger partial charge in [0.1, 0.15) is 4.90 Å². The third-order valence-corrected chi connectivity index (χ3v) is 4.57. The van der Waals surface area contributed by atoms with Crippen LogP contribution in [0.2, 0.25) is 0 Å². The molecule has 1 aromatic rings. The summed E-state index contributed by atoms with van der Waals surface area (Å²) in [6, 6.07) is 7.65. The second kappa shape index (κ2) is 6.36. The van der Waals surface area contributed by atoms with Crippen LogP contribution in [-0.2, 0) is 10.0 Å². The summed E-state index contributed by atoms with van der Waals surface area (Å²) < 4.78 is 26.6. The normalized spacial score (nSPS) is 15.4. The number of nitrogens with one attached hydrogen (secondary N) is 3. The Balaban J connectivity index is 1.98. The molecule has 1 aromatic carbocycles. The second-order valence-electron chi connectivity index (χ2n) is 4.65. The van der Waals surface area contributed by atoms with Gasteiger partial charge in [-0.05, 0) is 25.0 Å². The highest BCUT2D eigenvalue weighted by molar-refractivity contribution is 7.89. The van der Waals surface area contributed by atoms with Crippen LogP contribution in [0.3, 0.4) is 0 Å². The minimum atomic E-state index is -3.42. The molecule has 0 spiro atoms. The summed E-state index contributed by atoms with van der Waals surface area (Å²) in [5.74, 6) is 0. The molecule has 106 valence electrons. The Bertz CT molecular complexity index is 512. The van der Waals surface area contributed by atoms with Gasteiger partial charge in [0, 0.05) is 25.7 Å². The van der Waals surface area contributed by atoms with Gasteiger partial charge in [-0.1, -0.05) is 19.1 Å². The fourth-order valence-corrected chi connectivity index (χ4v) is 3.10. The van der Waals surface area contributed by atoms with E-state index in [4.69, 9.17) is 0 Å². The van der Waals surface area contributed by atoms with Crippen molar-refractivity contribution in [1.82, 2.24) is 10.0 Å². The molecule has 5 nitrogen and oxygen atoms in total. The van der Waals surface area contributed by atoms with Crippen LogP contribution >= 0.6 is 0 Å². The van der Waals surface area contributed by atoms with E-state index in [1.807, 2.05) is 6.07 Å². The van der Waals surface area contributed by atoms with Gasteiger partial charge in [-0.3, -0.25) is 0 Å². The number of sulfonamides is 1. The van der Waals surface area contributed by atoms with Crippen molar-refractivity contribution in [2.24, 2.45) is 0 Å². The highest BCUT2D eigenvalue weighted by Gasteiger charge is 2.20. The van der Waals surface area contributed by atoms with Crippen molar-refractivity contribution in [3.63, 3.8) is 0 Å². The van der Waals surface area contributed by atoms with Gasteiger partial charge < -0.3 is 10.6 Å². The third kappa shape index (κ3) is 4.19. The van der Waals surface area contributed by atoms with E-state index in [2.05, 4.69) is 15.4 Å². The van der Waals surface area contributed by atoms with Crippen molar-refractivity contribution in [1.29, 1.82) is 0 Å². The molecule has 19 heavy (non-hydrogen) atoms. The Morgan fingerprint density at radius 1 is 1.21 bits per heavy atom. The van der Waals surface area contributed by atoms with E-state index in [1.165, 1.54) is 12.8 Å². The van der Waals surface area contributed by atoms with Gasteiger partial charge in [0.25, 0.3) is 0 Å². The van der Waals surface area contributed by atoms with Crippen molar-refractivity contribution in [2.45, 2.75) is 30.7 Å². The maximum atomic E-state index is 12.0. The van der Waals surface area contributed by atoms with Crippen LogP contribution in [-0.4, -0.2) is 34.1 Å². The molecule has 1 aliphatic rings. The minimum Gasteiger partial charge on any atom is -0.383 e. The van der Waals surface area contributed by atoms with Gasteiger partial charge in [0.15, 0.2) is 0 Å². The number of anilines is 1. The molecular weight excluding hydrogens is 262 g/mol. The molecule has 0 saturated heterocycles. The van der Waals surface area contributed by atoms with E-state index in [1.54, 1.807) is 25.1 Å². The molecule has 0 unspecified atom stereocenters. The molecule has 0 aliphatic heterocycles. The Morgan fingerprint density at radius 3 is 2.63 bits per heavy atom. The SMILES string of the molecule is CCNS(=O)(=O)c1ccccc1NCCNC1CC1. The summed E-state index contributed by atoms with van der Waals surface area (Å²) >= 11 is 0. The third-order valence-electron chi connectivity index (χ3n) is 2.96. The molecule has 0 bridgehead atoms. The largest absolute Gasteiger partial charge is 0.383 e. The summed E-state index contributed by atoms with van der Waals surface area (Å²) in [7, 11) is -3.42. The maximum Gasteiger partial charge on any atom is 0.242 e. The molecule has 0 aromatic heterocycles. The van der Waals surface area contributed by atoms with E-state index in [-0.39, 0.29) is 0 Å². The number of hydrogen-bond donors (Lipinski definition) is 3. The van der Waals surface area contributed by atoms with Gasteiger partial charge in [-0.2, -0.15) is 0 Å². The average Bonchev–Trinajstić information content (AvgIpc) is 3.19. The molecule has 0 atom stereocenters. The van der Waals surface area contributed by atoms with Crippen molar-refractivity contribution >= 4 is 15.7 Å². The van der Waals surface area contributed by atoms with Crippen LogP contribution < -0.4 is 15.4 Å². The van der Waals surface area contributed by atoms with E-state index in [0.717, 1.165) is 13.1 Å².